The SMILES string of the molecule is O=C(NC1(NC(=O)c2ccccc2P(c2ccccc2)c2ccccc2)CC2c3ccccc3C1c1ccccc12)c1ccccc1P(c1ccccc1)c1ccccc1. The molecule has 290 valence electrons. The van der Waals surface area contributed by atoms with Crippen LogP contribution in [-0.2, 0) is 0 Å². The van der Waals surface area contributed by atoms with Crippen LogP contribution in [0.4, 0.5) is 0 Å². The van der Waals surface area contributed by atoms with Gasteiger partial charge in [0.15, 0.2) is 0 Å². The number of carbonyl (C=O) groups is 2. The summed E-state index contributed by atoms with van der Waals surface area (Å²) in [6, 6.07) is 74.9. The fourth-order valence-corrected chi connectivity index (χ4v) is 14.3. The largest absolute Gasteiger partial charge is 0.328 e. The van der Waals surface area contributed by atoms with E-state index in [0.717, 1.165) is 43.0 Å². The first-order valence-corrected chi connectivity index (χ1v) is 23.1. The normalized spacial score (nSPS) is 15.8. The van der Waals surface area contributed by atoms with Gasteiger partial charge in [-0.1, -0.05) is 206 Å². The summed E-state index contributed by atoms with van der Waals surface area (Å²) < 4.78 is 0. The van der Waals surface area contributed by atoms with E-state index < -0.39 is 21.5 Å². The summed E-state index contributed by atoms with van der Waals surface area (Å²) >= 11 is 0. The molecule has 2 N–H and O–H groups in total. The molecule has 3 aliphatic rings. The lowest BCUT2D eigenvalue weighted by atomic mass is 9.58. The highest BCUT2D eigenvalue weighted by atomic mass is 31.1. The maximum absolute atomic E-state index is 15.4. The van der Waals surface area contributed by atoms with Crippen LogP contribution in [0.3, 0.4) is 0 Å². The van der Waals surface area contributed by atoms with E-state index in [1.54, 1.807) is 0 Å². The number of carbonyl (C=O) groups excluding carboxylic acids is 2. The first kappa shape index (κ1) is 37.8. The predicted molar refractivity (Wildman–Crippen MR) is 249 cm³/mol. The van der Waals surface area contributed by atoms with Crippen LogP contribution in [-0.4, -0.2) is 17.5 Å². The van der Waals surface area contributed by atoms with Crippen molar-refractivity contribution >= 4 is 59.5 Å². The zero-order valence-corrected chi connectivity index (χ0v) is 34.6. The van der Waals surface area contributed by atoms with Crippen LogP contribution in [0.15, 0.2) is 218 Å². The van der Waals surface area contributed by atoms with Crippen molar-refractivity contribution in [3.63, 3.8) is 0 Å². The van der Waals surface area contributed by atoms with Gasteiger partial charge in [-0.15, -0.1) is 0 Å². The van der Waals surface area contributed by atoms with Crippen LogP contribution in [0, 0.1) is 0 Å². The Bertz CT molecular complexity index is 2550. The lowest BCUT2D eigenvalue weighted by Crippen LogP contribution is -2.68. The van der Waals surface area contributed by atoms with E-state index in [1.165, 1.54) is 11.1 Å². The van der Waals surface area contributed by atoms with Gasteiger partial charge in [-0.3, -0.25) is 9.59 Å². The molecule has 4 nitrogen and oxygen atoms in total. The third-order valence-corrected chi connectivity index (χ3v) is 16.9. The summed E-state index contributed by atoms with van der Waals surface area (Å²) in [5.74, 6) is -0.796. The maximum Gasteiger partial charge on any atom is 0.253 e. The van der Waals surface area contributed by atoms with Gasteiger partial charge in [0.25, 0.3) is 11.8 Å². The molecule has 0 atom stereocenters. The summed E-state index contributed by atoms with van der Waals surface area (Å²) in [5.41, 5.74) is 4.79. The molecule has 0 saturated heterocycles. The fourth-order valence-electron chi connectivity index (χ4n) is 9.41. The van der Waals surface area contributed by atoms with Crippen molar-refractivity contribution in [2.75, 3.05) is 0 Å². The van der Waals surface area contributed by atoms with E-state index in [-0.39, 0.29) is 23.7 Å². The molecule has 0 fully saturated rings. The van der Waals surface area contributed by atoms with E-state index in [1.807, 2.05) is 60.7 Å². The van der Waals surface area contributed by atoms with E-state index in [2.05, 4.69) is 168 Å². The summed E-state index contributed by atoms with van der Waals surface area (Å²) in [4.78, 5) is 30.8. The first-order valence-electron chi connectivity index (χ1n) is 20.4. The molecule has 2 bridgehead atoms. The van der Waals surface area contributed by atoms with Crippen molar-refractivity contribution in [3.05, 3.63) is 252 Å². The minimum atomic E-state index is -1.16. The van der Waals surface area contributed by atoms with Crippen molar-refractivity contribution in [2.45, 2.75) is 23.9 Å². The number of benzene rings is 8. The van der Waals surface area contributed by atoms with Crippen LogP contribution in [0.25, 0.3) is 0 Å². The fraction of sp³-hybridized carbons (Fsp3) is 0.0741. The Hall–Kier alpha value is -6.44. The quantitative estimate of drug-likeness (QED) is 0.107. The second-order valence-electron chi connectivity index (χ2n) is 15.4. The molecule has 60 heavy (non-hydrogen) atoms. The van der Waals surface area contributed by atoms with Gasteiger partial charge in [0.05, 0.1) is 5.92 Å². The van der Waals surface area contributed by atoms with Crippen molar-refractivity contribution in [2.24, 2.45) is 0 Å². The molecule has 0 aliphatic heterocycles. The van der Waals surface area contributed by atoms with Crippen LogP contribution >= 0.6 is 15.8 Å². The molecule has 2 amide bonds. The average molecular weight is 813 g/mol. The van der Waals surface area contributed by atoms with E-state index in [4.69, 9.17) is 0 Å². The summed E-state index contributed by atoms with van der Waals surface area (Å²) in [5, 5.41) is 13.8. The number of rotatable bonds is 10. The molecule has 8 aromatic carbocycles. The lowest BCUT2D eigenvalue weighted by Gasteiger charge is -2.53. The summed E-state index contributed by atoms with van der Waals surface area (Å²) in [6.45, 7) is 0. The smallest absolute Gasteiger partial charge is 0.253 e. The topological polar surface area (TPSA) is 58.2 Å². The van der Waals surface area contributed by atoms with Crippen LogP contribution in [0.1, 0.15) is 61.2 Å². The average Bonchev–Trinajstić information content (AvgIpc) is 3.31. The van der Waals surface area contributed by atoms with Gasteiger partial charge >= 0.3 is 0 Å². The number of hydrogen-bond acceptors (Lipinski definition) is 2. The molecule has 11 rings (SSSR count). The van der Waals surface area contributed by atoms with Crippen molar-refractivity contribution in [1.82, 2.24) is 10.6 Å². The highest BCUT2D eigenvalue weighted by Crippen LogP contribution is 2.56. The number of amides is 2. The van der Waals surface area contributed by atoms with Crippen molar-refractivity contribution in [1.29, 1.82) is 0 Å². The Morgan fingerprint density at radius 3 is 1.05 bits per heavy atom. The molecule has 0 unspecified atom stereocenters. The second kappa shape index (κ2) is 16.3. The van der Waals surface area contributed by atoms with Gasteiger partial charge in [-0.2, -0.15) is 0 Å². The maximum atomic E-state index is 15.4. The minimum absolute atomic E-state index is 0.0370. The monoisotopic (exact) mass is 812 g/mol. The second-order valence-corrected chi connectivity index (χ2v) is 19.7. The Labute approximate surface area is 353 Å². The van der Waals surface area contributed by atoms with Crippen LogP contribution in [0.2, 0.25) is 0 Å². The van der Waals surface area contributed by atoms with Gasteiger partial charge in [-0.25, -0.2) is 0 Å². The highest BCUT2D eigenvalue weighted by molar-refractivity contribution is 7.80. The molecular weight excluding hydrogens is 771 g/mol. The molecular formula is C54H42N2O2P2. The Kier molecular flexibility index (Phi) is 10.3. The molecule has 8 aromatic rings. The number of nitrogens with one attached hydrogen (secondary N) is 2. The molecule has 6 heteroatoms. The third kappa shape index (κ3) is 6.87. The van der Waals surface area contributed by atoms with E-state index >= 15 is 9.59 Å². The Morgan fingerprint density at radius 2 is 0.683 bits per heavy atom. The van der Waals surface area contributed by atoms with Gasteiger partial charge in [0.1, 0.15) is 5.66 Å². The zero-order valence-electron chi connectivity index (χ0n) is 32.9. The molecule has 0 spiro atoms. The standard InChI is InChI=1S/C54H42N2O2P2/c57-52(46-33-17-19-35-49(46)59(38-21-5-1-6-22-38)39-23-7-2-8-24-39)55-54(37-48-42-29-13-15-31-44(42)51(54)45-32-16-14-30-43(45)48)56-53(58)47-34-18-20-36-50(47)60(40-25-9-3-10-26-40)41-27-11-4-12-28-41/h1-36,48,51H,37H2,(H,55,57)(H,56,58). The van der Waals surface area contributed by atoms with Crippen LogP contribution < -0.4 is 42.5 Å². The van der Waals surface area contributed by atoms with E-state index in [0.29, 0.717) is 17.5 Å². The van der Waals surface area contributed by atoms with Gasteiger partial charge in [0.2, 0.25) is 0 Å². The summed E-state index contributed by atoms with van der Waals surface area (Å²) in [6.07, 6.45) is 0.506. The van der Waals surface area contributed by atoms with E-state index in [9.17, 15) is 0 Å². The molecule has 0 aromatic heterocycles. The van der Waals surface area contributed by atoms with Gasteiger partial charge in [-0.05, 0) is 82.1 Å². The number of hydrogen-bond donors (Lipinski definition) is 2. The van der Waals surface area contributed by atoms with Crippen LogP contribution in [0.5, 0.6) is 0 Å². The molecule has 0 radical (unpaired) electrons. The van der Waals surface area contributed by atoms with Gasteiger partial charge < -0.3 is 10.6 Å². The third-order valence-electron chi connectivity index (χ3n) is 11.9. The predicted octanol–water partition coefficient (Wildman–Crippen LogP) is 8.74. The van der Waals surface area contributed by atoms with Gasteiger partial charge in [0, 0.05) is 23.5 Å². The lowest BCUT2D eigenvalue weighted by molar-refractivity contribution is 0.0734. The summed E-state index contributed by atoms with van der Waals surface area (Å²) in [7, 11) is -2.17. The zero-order chi connectivity index (χ0) is 40.5. The molecule has 0 heterocycles. The Morgan fingerprint density at radius 1 is 0.383 bits per heavy atom. The van der Waals surface area contributed by atoms with Crippen molar-refractivity contribution in [3.8, 4) is 0 Å². The molecule has 0 saturated carbocycles. The Balaban J connectivity index is 1.11. The first-order chi connectivity index (χ1) is 29.6. The highest BCUT2D eigenvalue weighted by Gasteiger charge is 2.54. The minimum Gasteiger partial charge on any atom is -0.328 e. The molecule has 3 aliphatic carbocycles. The number of fused-ring (bicyclic) bond motifs is 1. The van der Waals surface area contributed by atoms with Crippen molar-refractivity contribution < 1.29 is 9.59 Å².